The van der Waals surface area contributed by atoms with E-state index < -0.39 is 41.2 Å². The first-order valence-electron chi connectivity index (χ1n) is 8.55. The molecule has 1 saturated heterocycles. The Morgan fingerprint density at radius 1 is 1.18 bits per heavy atom. The van der Waals surface area contributed by atoms with Crippen molar-refractivity contribution in [3.8, 4) is 0 Å². The third-order valence-corrected chi connectivity index (χ3v) is 5.50. The standard InChI is InChI=1S/C17H19N5O6/c1-20-14(24)19-22(15(20)25)17-8-11(12(23)27-2)21(16(26)28-3)13(17)18-10-7-5-4-6-9(10)17/h4-7,11,13,18H,8H2,1-3H3,(H,19,24)/t11-,13?,17?/m0/s1. The first-order valence-corrected chi connectivity index (χ1v) is 8.55. The number of anilines is 1. The zero-order valence-electron chi connectivity index (χ0n) is 15.5. The second kappa shape index (κ2) is 6.01. The molecule has 1 aromatic heterocycles. The molecular weight excluding hydrogens is 370 g/mol. The van der Waals surface area contributed by atoms with Crippen LogP contribution in [0.2, 0.25) is 0 Å². The molecule has 0 spiro atoms. The van der Waals surface area contributed by atoms with Crippen molar-refractivity contribution in [3.05, 3.63) is 50.8 Å². The van der Waals surface area contributed by atoms with Crippen LogP contribution in [0.4, 0.5) is 10.5 Å². The lowest BCUT2D eigenvalue weighted by atomic mass is 9.87. The number of carbonyl (C=O) groups is 2. The largest absolute Gasteiger partial charge is 0.467 e. The van der Waals surface area contributed by atoms with Crippen LogP contribution in [0.15, 0.2) is 33.9 Å². The monoisotopic (exact) mass is 389 g/mol. The Morgan fingerprint density at radius 3 is 2.50 bits per heavy atom. The van der Waals surface area contributed by atoms with Gasteiger partial charge in [0.1, 0.15) is 17.7 Å². The molecule has 3 atom stereocenters. The predicted octanol–water partition coefficient (Wildman–Crippen LogP) is -0.616. The highest BCUT2D eigenvalue weighted by atomic mass is 16.5. The van der Waals surface area contributed by atoms with Crippen LogP contribution in [0, 0.1) is 0 Å². The molecule has 2 aliphatic heterocycles. The molecule has 11 heteroatoms. The molecule has 2 aromatic rings. The number of carbonyl (C=O) groups excluding carboxylic acids is 2. The fraction of sp³-hybridized carbons (Fsp3) is 0.412. The van der Waals surface area contributed by atoms with E-state index in [9.17, 15) is 19.2 Å². The normalized spacial score (nSPS) is 25.0. The number of fused-ring (bicyclic) bond motifs is 3. The SMILES string of the molecule is COC(=O)[C@@H]1CC2(n3[nH]c(=O)n(C)c3=O)c3ccccc3NC2N1C(=O)OC. The number of esters is 1. The van der Waals surface area contributed by atoms with Crippen molar-refractivity contribution in [2.24, 2.45) is 7.05 Å². The number of H-pyrrole nitrogens is 1. The van der Waals surface area contributed by atoms with Crippen LogP contribution >= 0.6 is 0 Å². The van der Waals surface area contributed by atoms with E-state index in [1.807, 2.05) is 0 Å². The van der Waals surface area contributed by atoms with Gasteiger partial charge in [0, 0.05) is 24.7 Å². The van der Waals surface area contributed by atoms with Crippen molar-refractivity contribution in [1.82, 2.24) is 19.2 Å². The molecule has 2 N–H and O–H groups in total. The minimum Gasteiger partial charge on any atom is -0.467 e. The molecule has 4 rings (SSSR count). The summed E-state index contributed by atoms with van der Waals surface area (Å²) in [7, 11) is 3.77. The summed E-state index contributed by atoms with van der Waals surface area (Å²) in [5, 5.41) is 5.75. The summed E-state index contributed by atoms with van der Waals surface area (Å²) >= 11 is 0. The highest BCUT2D eigenvalue weighted by Crippen LogP contribution is 2.51. The number of aromatic nitrogens is 3. The average Bonchev–Trinajstić information content (AvgIpc) is 3.29. The van der Waals surface area contributed by atoms with Gasteiger partial charge in [0.2, 0.25) is 0 Å². The Hall–Kier alpha value is -3.50. The molecule has 0 radical (unpaired) electrons. The van der Waals surface area contributed by atoms with E-state index in [-0.39, 0.29) is 6.42 Å². The van der Waals surface area contributed by atoms with Crippen molar-refractivity contribution < 1.29 is 19.1 Å². The number of ether oxygens (including phenoxy) is 2. The zero-order valence-corrected chi connectivity index (χ0v) is 15.5. The topological polar surface area (TPSA) is 128 Å². The van der Waals surface area contributed by atoms with E-state index in [4.69, 9.17) is 9.47 Å². The van der Waals surface area contributed by atoms with Crippen LogP contribution in [0.1, 0.15) is 12.0 Å². The molecule has 11 nitrogen and oxygen atoms in total. The molecule has 3 heterocycles. The fourth-order valence-corrected chi connectivity index (χ4v) is 4.23. The van der Waals surface area contributed by atoms with Crippen molar-refractivity contribution >= 4 is 17.7 Å². The van der Waals surface area contributed by atoms with Crippen molar-refractivity contribution in [2.75, 3.05) is 19.5 Å². The second-order valence-corrected chi connectivity index (χ2v) is 6.73. The predicted molar refractivity (Wildman–Crippen MR) is 95.9 cm³/mol. The van der Waals surface area contributed by atoms with Crippen LogP contribution in [-0.2, 0) is 26.9 Å². The molecule has 2 unspecified atom stereocenters. The van der Waals surface area contributed by atoms with Crippen molar-refractivity contribution in [2.45, 2.75) is 24.2 Å². The number of nitrogens with one attached hydrogen (secondary N) is 2. The summed E-state index contributed by atoms with van der Waals surface area (Å²) in [6.07, 6.45) is -1.59. The molecule has 1 aromatic carbocycles. The van der Waals surface area contributed by atoms with E-state index >= 15 is 0 Å². The summed E-state index contributed by atoms with van der Waals surface area (Å²) in [5.41, 5.74) is -1.07. The van der Waals surface area contributed by atoms with Gasteiger partial charge in [-0.3, -0.25) is 4.90 Å². The lowest BCUT2D eigenvalue weighted by molar-refractivity contribution is -0.145. The van der Waals surface area contributed by atoms with E-state index in [1.165, 1.54) is 30.8 Å². The number of rotatable bonds is 2. The van der Waals surface area contributed by atoms with Gasteiger partial charge in [-0.1, -0.05) is 18.2 Å². The van der Waals surface area contributed by atoms with Gasteiger partial charge >= 0.3 is 23.4 Å². The maximum atomic E-state index is 12.8. The number of hydrogen-bond acceptors (Lipinski definition) is 7. The van der Waals surface area contributed by atoms with Crippen LogP contribution in [0.3, 0.4) is 0 Å². The van der Waals surface area contributed by atoms with Crippen LogP contribution in [0.25, 0.3) is 0 Å². The first kappa shape index (κ1) is 17.9. The van der Waals surface area contributed by atoms with Crippen LogP contribution in [-0.4, -0.2) is 57.7 Å². The number of aromatic amines is 1. The Morgan fingerprint density at radius 2 is 1.89 bits per heavy atom. The lowest BCUT2D eigenvalue weighted by Gasteiger charge is -2.31. The zero-order chi connectivity index (χ0) is 20.2. The van der Waals surface area contributed by atoms with Crippen LogP contribution in [0.5, 0.6) is 0 Å². The number of nitrogens with zero attached hydrogens (tertiary/aromatic N) is 3. The highest BCUT2D eigenvalue weighted by molar-refractivity contribution is 5.84. The number of benzene rings is 1. The molecule has 2 aliphatic rings. The van der Waals surface area contributed by atoms with Gasteiger partial charge in [-0.05, 0) is 6.07 Å². The van der Waals surface area contributed by atoms with E-state index in [0.29, 0.717) is 11.3 Å². The van der Waals surface area contributed by atoms with Gasteiger partial charge in [-0.2, -0.15) is 0 Å². The Bertz CT molecular complexity index is 1080. The summed E-state index contributed by atoms with van der Waals surface area (Å²) in [6.45, 7) is 0. The van der Waals surface area contributed by atoms with Crippen molar-refractivity contribution in [1.29, 1.82) is 0 Å². The van der Waals surface area contributed by atoms with Crippen LogP contribution < -0.4 is 16.7 Å². The number of hydrogen-bond donors (Lipinski definition) is 2. The Kier molecular flexibility index (Phi) is 3.84. The average molecular weight is 389 g/mol. The first-order chi connectivity index (χ1) is 13.4. The van der Waals surface area contributed by atoms with Gasteiger partial charge in [-0.15, -0.1) is 0 Å². The van der Waals surface area contributed by atoms with Gasteiger partial charge in [0.15, 0.2) is 0 Å². The summed E-state index contributed by atoms with van der Waals surface area (Å²) < 4.78 is 11.9. The quantitative estimate of drug-likeness (QED) is 0.656. The Balaban J connectivity index is 2.02. The van der Waals surface area contributed by atoms with Gasteiger partial charge in [0.05, 0.1) is 14.2 Å². The lowest BCUT2D eigenvalue weighted by Crippen LogP contribution is -2.54. The van der Waals surface area contributed by atoms with Gasteiger partial charge in [-0.25, -0.2) is 33.5 Å². The Labute approximate surface area is 158 Å². The van der Waals surface area contributed by atoms with Crippen molar-refractivity contribution in [3.63, 3.8) is 0 Å². The molecule has 1 amide bonds. The third-order valence-electron chi connectivity index (χ3n) is 5.50. The number of likely N-dealkylation sites (tertiary alicyclic amines) is 1. The number of amides is 1. The van der Waals surface area contributed by atoms with Gasteiger partial charge < -0.3 is 14.8 Å². The molecule has 0 aliphatic carbocycles. The number of para-hydroxylation sites is 1. The molecule has 0 saturated carbocycles. The summed E-state index contributed by atoms with van der Waals surface area (Å²) in [5.74, 6) is -0.648. The fourth-order valence-electron chi connectivity index (χ4n) is 4.23. The highest BCUT2D eigenvalue weighted by Gasteiger charge is 2.64. The third kappa shape index (κ3) is 2.09. The number of methoxy groups -OCH3 is 2. The maximum Gasteiger partial charge on any atom is 0.411 e. The maximum absolute atomic E-state index is 12.8. The molecule has 0 bridgehead atoms. The molecule has 148 valence electrons. The summed E-state index contributed by atoms with van der Waals surface area (Å²) in [6, 6.07) is 6.15. The van der Waals surface area contributed by atoms with E-state index in [1.54, 1.807) is 24.3 Å². The minimum atomic E-state index is -1.22. The van der Waals surface area contributed by atoms with E-state index in [0.717, 1.165) is 4.57 Å². The molecule has 28 heavy (non-hydrogen) atoms. The molecule has 1 fully saturated rings. The smallest absolute Gasteiger partial charge is 0.411 e. The minimum absolute atomic E-state index is 0.0172. The second-order valence-electron chi connectivity index (χ2n) is 6.73. The summed E-state index contributed by atoms with van der Waals surface area (Å²) in [4.78, 5) is 51.2. The molecular formula is C17H19N5O6. The van der Waals surface area contributed by atoms with E-state index in [2.05, 4.69) is 10.4 Å². The van der Waals surface area contributed by atoms with Gasteiger partial charge in [0.25, 0.3) is 0 Å².